The number of alkyl halides is 1. The summed E-state index contributed by atoms with van der Waals surface area (Å²) in [5, 5.41) is 0.920. The molecule has 0 aliphatic carbocycles. The molecule has 0 radical (unpaired) electrons. The van der Waals surface area contributed by atoms with E-state index < -0.39 is 10.0 Å². The van der Waals surface area contributed by atoms with Crippen molar-refractivity contribution in [3.63, 3.8) is 0 Å². The molecule has 0 heterocycles. The first-order valence-electron chi connectivity index (χ1n) is 7.14. The van der Waals surface area contributed by atoms with Gasteiger partial charge in [0.1, 0.15) is 0 Å². The lowest BCUT2D eigenvalue weighted by molar-refractivity contribution is 0.459. The molecular formula is C15H24BrNO2S. The topological polar surface area (TPSA) is 46.2 Å². The number of aryl methyl sites for hydroxylation is 1. The number of benzene rings is 1. The van der Waals surface area contributed by atoms with Crippen LogP contribution in [0.15, 0.2) is 30.3 Å². The number of halogens is 1. The van der Waals surface area contributed by atoms with E-state index in [1.165, 1.54) is 0 Å². The smallest absolute Gasteiger partial charge is 0.211 e. The van der Waals surface area contributed by atoms with Crippen LogP contribution in [0.4, 0.5) is 0 Å². The molecule has 0 aliphatic rings. The Bertz CT molecular complexity index is 456. The van der Waals surface area contributed by atoms with Gasteiger partial charge in [-0.1, -0.05) is 59.6 Å². The molecule has 114 valence electrons. The van der Waals surface area contributed by atoms with Crippen LogP contribution in [0.1, 0.15) is 31.7 Å². The Kier molecular flexibility index (Phi) is 8.41. The molecule has 1 aromatic rings. The normalized spacial score (nSPS) is 13.3. The van der Waals surface area contributed by atoms with Crippen LogP contribution in [0.2, 0.25) is 0 Å². The zero-order valence-electron chi connectivity index (χ0n) is 12.0. The number of hydrogen-bond acceptors (Lipinski definition) is 2. The van der Waals surface area contributed by atoms with Gasteiger partial charge in [0.05, 0.1) is 5.75 Å². The summed E-state index contributed by atoms with van der Waals surface area (Å²) in [7, 11) is -3.18. The summed E-state index contributed by atoms with van der Waals surface area (Å²) in [4.78, 5) is 0. The van der Waals surface area contributed by atoms with Gasteiger partial charge < -0.3 is 0 Å². The van der Waals surface area contributed by atoms with Crippen LogP contribution >= 0.6 is 15.9 Å². The van der Waals surface area contributed by atoms with E-state index in [2.05, 4.69) is 27.6 Å². The standard InChI is InChI=1S/C15H24BrNO2S/c1-2-6-15(9-11-16)13-17-20(18,19)12-10-14-7-4-3-5-8-14/h3-5,7-8,15,17H,2,6,9-13H2,1H3. The molecule has 1 unspecified atom stereocenters. The van der Waals surface area contributed by atoms with E-state index in [-0.39, 0.29) is 5.75 Å². The first-order valence-corrected chi connectivity index (χ1v) is 9.92. The second kappa shape index (κ2) is 9.53. The van der Waals surface area contributed by atoms with Gasteiger partial charge in [0.15, 0.2) is 0 Å². The van der Waals surface area contributed by atoms with E-state index in [9.17, 15) is 8.42 Å². The molecule has 0 spiro atoms. The van der Waals surface area contributed by atoms with Gasteiger partial charge in [0.25, 0.3) is 0 Å². The third-order valence-corrected chi connectivity index (χ3v) is 5.11. The molecule has 1 N–H and O–H groups in total. The van der Waals surface area contributed by atoms with Crippen LogP contribution in [0, 0.1) is 5.92 Å². The highest BCUT2D eigenvalue weighted by Crippen LogP contribution is 2.12. The molecule has 0 amide bonds. The zero-order chi connectivity index (χ0) is 14.8. The molecule has 0 fully saturated rings. The van der Waals surface area contributed by atoms with Gasteiger partial charge >= 0.3 is 0 Å². The molecule has 0 bridgehead atoms. The van der Waals surface area contributed by atoms with Crippen molar-refractivity contribution >= 4 is 26.0 Å². The maximum atomic E-state index is 12.0. The fourth-order valence-electron chi connectivity index (χ4n) is 2.12. The average Bonchev–Trinajstić information content (AvgIpc) is 2.45. The molecule has 0 saturated heterocycles. The summed E-state index contributed by atoms with van der Waals surface area (Å²) in [6.45, 7) is 2.68. The van der Waals surface area contributed by atoms with E-state index in [0.717, 1.165) is 30.2 Å². The van der Waals surface area contributed by atoms with E-state index >= 15 is 0 Å². The second-order valence-electron chi connectivity index (χ2n) is 5.04. The Morgan fingerprint density at radius 3 is 2.50 bits per heavy atom. The summed E-state index contributed by atoms with van der Waals surface area (Å²) in [5.74, 6) is 0.579. The number of rotatable bonds is 10. The lowest BCUT2D eigenvalue weighted by Crippen LogP contribution is -2.32. The molecule has 5 heteroatoms. The van der Waals surface area contributed by atoms with E-state index in [1.54, 1.807) is 0 Å². The summed E-state index contributed by atoms with van der Waals surface area (Å²) >= 11 is 3.42. The van der Waals surface area contributed by atoms with Crippen LogP contribution in [0.25, 0.3) is 0 Å². The molecule has 1 rings (SSSR count). The minimum Gasteiger partial charge on any atom is -0.215 e. The van der Waals surface area contributed by atoms with Crippen molar-refractivity contribution in [2.45, 2.75) is 32.6 Å². The Hall–Kier alpha value is -0.390. The Balaban J connectivity index is 2.40. The summed E-state index contributed by atoms with van der Waals surface area (Å²) < 4.78 is 26.7. The lowest BCUT2D eigenvalue weighted by atomic mass is 10.0. The third-order valence-electron chi connectivity index (χ3n) is 3.31. The van der Waals surface area contributed by atoms with Crippen molar-refractivity contribution in [1.82, 2.24) is 4.72 Å². The molecule has 3 nitrogen and oxygen atoms in total. The first-order chi connectivity index (χ1) is 9.57. The van der Waals surface area contributed by atoms with E-state index in [4.69, 9.17) is 0 Å². The van der Waals surface area contributed by atoms with Crippen LogP contribution in [0.5, 0.6) is 0 Å². The van der Waals surface area contributed by atoms with Crippen molar-refractivity contribution in [3.8, 4) is 0 Å². The molecule has 0 saturated carbocycles. The van der Waals surface area contributed by atoms with E-state index in [0.29, 0.717) is 18.9 Å². The molecule has 1 aromatic carbocycles. The van der Waals surface area contributed by atoms with E-state index in [1.807, 2.05) is 30.3 Å². The van der Waals surface area contributed by atoms with Crippen molar-refractivity contribution in [2.75, 3.05) is 17.6 Å². The molecule has 1 atom stereocenters. The SMILES string of the molecule is CCCC(CCBr)CNS(=O)(=O)CCc1ccccc1. The Labute approximate surface area is 131 Å². The fraction of sp³-hybridized carbons (Fsp3) is 0.600. The Morgan fingerprint density at radius 2 is 1.90 bits per heavy atom. The number of sulfonamides is 1. The predicted molar refractivity (Wildman–Crippen MR) is 88.7 cm³/mol. The maximum Gasteiger partial charge on any atom is 0.211 e. The van der Waals surface area contributed by atoms with Crippen molar-refractivity contribution in [2.24, 2.45) is 5.92 Å². The largest absolute Gasteiger partial charge is 0.215 e. The van der Waals surface area contributed by atoms with Crippen LogP contribution in [-0.2, 0) is 16.4 Å². The molecule has 0 aliphatic heterocycles. The van der Waals surface area contributed by atoms with Gasteiger partial charge in [-0.3, -0.25) is 0 Å². The quantitative estimate of drug-likeness (QED) is 0.649. The molecular weight excluding hydrogens is 338 g/mol. The van der Waals surface area contributed by atoms with Crippen LogP contribution in [0.3, 0.4) is 0 Å². The number of hydrogen-bond donors (Lipinski definition) is 1. The van der Waals surface area contributed by atoms with Gasteiger partial charge in [-0.25, -0.2) is 13.1 Å². The minimum atomic E-state index is -3.18. The highest BCUT2D eigenvalue weighted by Gasteiger charge is 2.14. The third kappa shape index (κ3) is 7.41. The zero-order valence-corrected chi connectivity index (χ0v) is 14.4. The van der Waals surface area contributed by atoms with Crippen molar-refractivity contribution in [3.05, 3.63) is 35.9 Å². The minimum absolute atomic E-state index is 0.157. The van der Waals surface area contributed by atoms with Crippen molar-refractivity contribution in [1.29, 1.82) is 0 Å². The molecule has 0 aromatic heterocycles. The lowest BCUT2D eigenvalue weighted by Gasteiger charge is -2.15. The fourth-order valence-corrected chi connectivity index (χ4v) is 3.91. The maximum absolute atomic E-state index is 12.0. The first kappa shape index (κ1) is 17.7. The summed E-state index contributed by atoms with van der Waals surface area (Å²) in [5.41, 5.74) is 1.06. The summed E-state index contributed by atoms with van der Waals surface area (Å²) in [6, 6.07) is 9.72. The van der Waals surface area contributed by atoms with Gasteiger partial charge in [0, 0.05) is 11.9 Å². The van der Waals surface area contributed by atoms with Crippen LogP contribution < -0.4 is 4.72 Å². The Morgan fingerprint density at radius 1 is 1.20 bits per heavy atom. The van der Waals surface area contributed by atoms with Crippen molar-refractivity contribution < 1.29 is 8.42 Å². The van der Waals surface area contributed by atoms with Gasteiger partial charge in [0.2, 0.25) is 10.0 Å². The van der Waals surface area contributed by atoms with Crippen LogP contribution in [-0.4, -0.2) is 26.0 Å². The average molecular weight is 362 g/mol. The molecule has 20 heavy (non-hydrogen) atoms. The number of nitrogens with one attached hydrogen (secondary N) is 1. The highest BCUT2D eigenvalue weighted by molar-refractivity contribution is 9.09. The predicted octanol–water partition coefficient (Wildman–Crippen LogP) is 3.35. The summed E-state index contributed by atoms with van der Waals surface area (Å²) in [6.07, 6.45) is 3.72. The highest BCUT2D eigenvalue weighted by atomic mass is 79.9. The van der Waals surface area contributed by atoms with Gasteiger partial charge in [-0.15, -0.1) is 0 Å². The van der Waals surface area contributed by atoms with Gasteiger partial charge in [-0.2, -0.15) is 0 Å². The van der Waals surface area contributed by atoms with Gasteiger partial charge in [-0.05, 0) is 30.7 Å². The monoisotopic (exact) mass is 361 g/mol. The second-order valence-corrected chi connectivity index (χ2v) is 7.75.